The molecule has 0 fully saturated rings. The number of carbonyl (C=O) groups is 2. The van der Waals surface area contributed by atoms with Gasteiger partial charge in [-0.05, 0) is 13.8 Å². The van der Waals surface area contributed by atoms with Crippen LogP contribution >= 0.6 is 23.1 Å². The van der Waals surface area contributed by atoms with Crippen molar-refractivity contribution >= 4 is 40.1 Å². The fraction of sp³-hybridized carbons (Fsp3) is 0.250. The fourth-order valence-corrected chi connectivity index (χ4v) is 3.31. The summed E-state index contributed by atoms with van der Waals surface area (Å²) in [5, 5.41) is 9.97. The van der Waals surface area contributed by atoms with E-state index >= 15 is 0 Å². The lowest BCUT2D eigenvalue weighted by Gasteiger charge is -2.04. The lowest BCUT2D eigenvalue weighted by atomic mass is 10.3. The van der Waals surface area contributed by atoms with Gasteiger partial charge in [0, 0.05) is 23.8 Å². The maximum Gasteiger partial charge on any atom is 0.341 e. The standard InChI is InChI=1S/C16H16N6O3S2/c1-3-25-15(24)11-7-22(21-10(11)2)12-6-14(19-9-18-12)27-8-13(23)20-16-17-4-5-26-16/h4-7,9H,3,8H2,1-2H3,(H,17,20,23). The molecule has 3 aromatic heterocycles. The third kappa shape index (κ3) is 4.89. The highest BCUT2D eigenvalue weighted by molar-refractivity contribution is 7.99. The van der Waals surface area contributed by atoms with Crippen molar-refractivity contribution in [2.45, 2.75) is 18.9 Å². The molecule has 0 aliphatic rings. The van der Waals surface area contributed by atoms with Crippen molar-refractivity contribution in [1.82, 2.24) is 24.7 Å². The Morgan fingerprint density at radius 2 is 2.19 bits per heavy atom. The number of carbonyl (C=O) groups excluding carboxylic acids is 2. The van der Waals surface area contributed by atoms with E-state index in [1.54, 1.807) is 37.7 Å². The minimum Gasteiger partial charge on any atom is -0.462 e. The smallest absolute Gasteiger partial charge is 0.341 e. The zero-order chi connectivity index (χ0) is 19.2. The van der Waals surface area contributed by atoms with E-state index in [1.165, 1.54) is 34.1 Å². The third-order valence-corrected chi connectivity index (χ3v) is 4.90. The van der Waals surface area contributed by atoms with Crippen LogP contribution in [0.2, 0.25) is 0 Å². The van der Waals surface area contributed by atoms with Crippen molar-refractivity contribution in [3.63, 3.8) is 0 Å². The maximum absolute atomic E-state index is 11.9. The maximum atomic E-state index is 11.9. The number of anilines is 1. The van der Waals surface area contributed by atoms with Gasteiger partial charge in [-0.3, -0.25) is 4.79 Å². The Labute approximate surface area is 163 Å². The number of hydrogen-bond acceptors (Lipinski definition) is 9. The molecule has 3 heterocycles. The second-order valence-corrected chi connectivity index (χ2v) is 7.07. The van der Waals surface area contributed by atoms with Gasteiger partial charge in [-0.15, -0.1) is 11.3 Å². The highest BCUT2D eigenvalue weighted by Gasteiger charge is 2.16. The molecule has 27 heavy (non-hydrogen) atoms. The van der Waals surface area contributed by atoms with Crippen molar-refractivity contribution in [2.75, 3.05) is 17.7 Å². The minimum absolute atomic E-state index is 0.172. The molecule has 140 valence electrons. The molecule has 0 unspecified atom stereocenters. The molecule has 0 atom stereocenters. The number of amides is 1. The van der Waals surface area contributed by atoms with Crippen LogP contribution in [-0.4, -0.2) is 49.0 Å². The zero-order valence-corrected chi connectivity index (χ0v) is 16.2. The first-order chi connectivity index (χ1) is 13.1. The number of nitrogens with zero attached hydrogens (tertiary/aromatic N) is 5. The summed E-state index contributed by atoms with van der Waals surface area (Å²) in [6, 6.07) is 1.70. The number of aryl methyl sites for hydroxylation is 1. The second-order valence-electron chi connectivity index (χ2n) is 5.18. The summed E-state index contributed by atoms with van der Waals surface area (Å²) in [5.74, 6) is 0.0762. The normalized spacial score (nSPS) is 10.6. The van der Waals surface area contributed by atoms with Gasteiger partial charge in [0.15, 0.2) is 10.9 Å². The van der Waals surface area contributed by atoms with Gasteiger partial charge in [0.2, 0.25) is 5.91 Å². The number of nitrogens with one attached hydrogen (secondary N) is 1. The van der Waals surface area contributed by atoms with E-state index in [-0.39, 0.29) is 11.7 Å². The van der Waals surface area contributed by atoms with E-state index in [9.17, 15) is 9.59 Å². The summed E-state index contributed by atoms with van der Waals surface area (Å²) in [5.41, 5.74) is 0.927. The molecule has 0 bridgehead atoms. The largest absolute Gasteiger partial charge is 0.462 e. The number of aromatic nitrogens is 5. The van der Waals surface area contributed by atoms with E-state index < -0.39 is 5.97 Å². The quantitative estimate of drug-likeness (QED) is 0.363. The fourth-order valence-electron chi connectivity index (χ4n) is 2.10. The van der Waals surface area contributed by atoms with Gasteiger partial charge in [0.05, 0.1) is 18.1 Å². The zero-order valence-electron chi connectivity index (χ0n) is 14.6. The summed E-state index contributed by atoms with van der Waals surface area (Å²) in [6.07, 6.45) is 4.58. The molecule has 0 spiro atoms. The SMILES string of the molecule is CCOC(=O)c1cn(-c2cc(SCC(=O)Nc3nccs3)ncn2)nc1C. The van der Waals surface area contributed by atoms with Crippen molar-refractivity contribution < 1.29 is 14.3 Å². The number of ether oxygens (including phenoxy) is 1. The lowest BCUT2D eigenvalue weighted by Crippen LogP contribution is -2.13. The van der Waals surface area contributed by atoms with Crippen LogP contribution in [0.5, 0.6) is 0 Å². The molecule has 0 aromatic carbocycles. The number of rotatable bonds is 7. The molecule has 3 aromatic rings. The second kappa shape index (κ2) is 8.73. The Kier molecular flexibility index (Phi) is 6.14. The highest BCUT2D eigenvalue weighted by atomic mass is 32.2. The monoisotopic (exact) mass is 404 g/mol. The first-order valence-corrected chi connectivity index (χ1v) is 9.81. The van der Waals surface area contributed by atoms with E-state index in [4.69, 9.17) is 4.74 Å². The number of hydrogen-bond donors (Lipinski definition) is 1. The third-order valence-electron chi connectivity index (χ3n) is 3.29. The number of thioether (sulfide) groups is 1. The van der Waals surface area contributed by atoms with Crippen molar-refractivity contribution in [1.29, 1.82) is 0 Å². The van der Waals surface area contributed by atoms with E-state index in [2.05, 4.69) is 25.4 Å². The molecule has 9 nitrogen and oxygen atoms in total. The van der Waals surface area contributed by atoms with Gasteiger partial charge in [-0.1, -0.05) is 11.8 Å². The summed E-state index contributed by atoms with van der Waals surface area (Å²) in [4.78, 5) is 36.2. The summed E-state index contributed by atoms with van der Waals surface area (Å²) in [6.45, 7) is 3.76. The van der Waals surface area contributed by atoms with Crippen molar-refractivity contribution in [3.8, 4) is 5.82 Å². The Morgan fingerprint density at radius 1 is 1.33 bits per heavy atom. The molecule has 0 saturated carbocycles. The molecule has 0 aliphatic heterocycles. The van der Waals surface area contributed by atoms with E-state index in [0.29, 0.717) is 33.8 Å². The lowest BCUT2D eigenvalue weighted by molar-refractivity contribution is -0.113. The first-order valence-electron chi connectivity index (χ1n) is 7.94. The molecule has 3 rings (SSSR count). The van der Waals surface area contributed by atoms with Gasteiger partial charge in [0.25, 0.3) is 0 Å². The minimum atomic E-state index is -0.427. The van der Waals surface area contributed by atoms with Gasteiger partial charge >= 0.3 is 5.97 Å². The highest BCUT2D eigenvalue weighted by Crippen LogP contribution is 2.19. The van der Waals surface area contributed by atoms with Crippen LogP contribution in [-0.2, 0) is 9.53 Å². The first kappa shape index (κ1) is 19.0. The van der Waals surface area contributed by atoms with Gasteiger partial charge < -0.3 is 10.1 Å². The average Bonchev–Trinajstić information content (AvgIpc) is 3.30. The van der Waals surface area contributed by atoms with Crippen molar-refractivity contribution in [2.24, 2.45) is 0 Å². The molecular formula is C16H16N6O3S2. The Morgan fingerprint density at radius 3 is 2.93 bits per heavy atom. The summed E-state index contributed by atoms with van der Waals surface area (Å²) >= 11 is 2.62. The average molecular weight is 404 g/mol. The Hall–Kier alpha value is -2.79. The summed E-state index contributed by atoms with van der Waals surface area (Å²) in [7, 11) is 0. The topological polar surface area (TPSA) is 112 Å². The predicted molar refractivity (Wildman–Crippen MR) is 101 cm³/mol. The predicted octanol–water partition coefficient (Wildman–Crippen LogP) is 2.33. The van der Waals surface area contributed by atoms with Crippen LogP contribution in [0.3, 0.4) is 0 Å². The van der Waals surface area contributed by atoms with Crippen LogP contribution in [0.1, 0.15) is 23.0 Å². The van der Waals surface area contributed by atoms with Crippen LogP contribution in [0.15, 0.2) is 35.2 Å². The number of esters is 1. The van der Waals surface area contributed by atoms with Crippen LogP contribution in [0, 0.1) is 6.92 Å². The molecule has 1 amide bonds. The van der Waals surface area contributed by atoms with E-state index in [0.717, 1.165) is 0 Å². The summed E-state index contributed by atoms with van der Waals surface area (Å²) < 4.78 is 6.50. The van der Waals surface area contributed by atoms with Crippen molar-refractivity contribution in [3.05, 3.63) is 41.4 Å². The molecular weight excluding hydrogens is 388 g/mol. The van der Waals surface area contributed by atoms with Gasteiger partial charge in [-0.2, -0.15) is 5.10 Å². The van der Waals surface area contributed by atoms with Crippen LogP contribution < -0.4 is 5.32 Å². The van der Waals surface area contributed by atoms with Crippen LogP contribution in [0.4, 0.5) is 5.13 Å². The molecule has 0 saturated heterocycles. The molecule has 11 heteroatoms. The Balaban J connectivity index is 1.67. The Bertz CT molecular complexity index is 942. The van der Waals surface area contributed by atoms with Gasteiger partial charge in [0.1, 0.15) is 16.9 Å². The van der Waals surface area contributed by atoms with Gasteiger partial charge in [-0.25, -0.2) is 24.4 Å². The molecule has 1 N–H and O–H groups in total. The molecule has 0 aliphatic carbocycles. The number of thiazole rings is 1. The van der Waals surface area contributed by atoms with Crippen LogP contribution in [0.25, 0.3) is 5.82 Å². The van der Waals surface area contributed by atoms with E-state index in [1.807, 2.05) is 0 Å². The molecule has 0 radical (unpaired) electrons.